The highest BCUT2D eigenvalue weighted by Crippen LogP contribution is 2.07. The number of nitrogens with zero attached hydrogens (tertiary/aromatic N) is 3. The number of aryl methyl sites for hydroxylation is 1. The fourth-order valence-electron chi connectivity index (χ4n) is 1.76. The quantitative estimate of drug-likeness (QED) is 0.937. The molecule has 5 nitrogen and oxygen atoms in total. The van der Waals surface area contributed by atoms with Gasteiger partial charge in [-0.1, -0.05) is 0 Å². The Balaban J connectivity index is 2.32. The molecule has 2 heterocycles. The zero-order valence-electron chi connectivity index (χ0n) is 10.9. The van der Waals surface area contributed by atoms with Crippen molar-refractivity contribution >= 4 is 21.7 Å². The van der Waals surface area contributed by atoms with Gasteiger partial charge in [0, 0.05) is 24.5 Å². The first kappa shape index (κ1) is 13.7. The lowest BCUT2D eigenvalue weighted by Crippen LogP contribution is -2.21. The first-order valence-electron chi connectivity index (χ1n) is 6.03. The lowest BCUT2D eigenvalue weighted by molar-refractivity contribution is 0.708. The molecule has 0 amide bonds. The minimum Gasteiger partial charge on any atom is -0.370 e. The summed E-state index contributed by atoms with van der Waals surface area (Å²) in [6.07, 6.45) is 1.73. The summed E-state index contributed by atoms with van der Waals surface area (Å²) >= 11 is 3.23. The fraction of sp³-hybridized carbons (Fsp3) is 0.308. The summed E-state index contributed by atoms with van der Waals surface area (Å²) < 4.78 is 2.11. The molecule has 0 atom stereocenters. The number of nitrogens with one attached hydrogen (secondary N) is 1. The first-order chi connectivity index (χ1) is 9.10. The number of hydrogen-bond donors (Lipinski definition) is 1. The normalized spacial score (nSPS) is 10.5. The van der Waals surface area contributed by atoms with Gasteiger partial charge in [0.15, 0.2) is 5.82 Å². The fourth-order valence-corrected chi connectivity index (χ4v) is 2.14. The summed E-state index contributed by atoms with van der Waals surface area (Å²) in [6.45, 7) is 5.08. The molecule has 0 radical (unpaired) electrons. The lowest BCUT2D eigenvalue weighted by Gasteiger charge is -2.08. The molecule has 0 saturated carbocycles. The van der Waals surface area contributed by atoms with Crippen LogP contribution in [0, 0.1) is 6.92 Å². The number of aromatic nitrogens is 3. The molecule has 0 aliphatic carbocycles. The molecular formula is C13H15BrN4O. The van der Waals surface area contributed by atoms with Gasteiger partial charge >= 0.3 is 0 Å². The molecule has 0 saturated heterocycles. The van der Waals surface area contributed by atoms with E-state index < -0.39 is 0 Å². The van der Waals surface area contributed by atoms with Gasteiger partial charge in [-0.3, -0.25) is 4.79 Å². The van der Waals surface area contributed by atoms with Crippen molar-refractivity contribution in [2.75, 3.05) is 11.9 Å². The van der Waals surface area contributed by atoms with Crippen molar-refractivity contribution in [3.05, 3.63) is 50.7 Å². The third kappa shape index (κ3) is 3.41. The van der Waals surface area contributed by atoms with E-state index >= 15 is 0 Å². The van der Waals surface area contributed by atoms with Crippen molar-refractivity contribution < 1.29 is 0 Å². The highest BCUT2D eigenvalue weighted by Gasteiger charge is 2.05. The Hall–Kier alpha value is -1.69. The Kier molecular flexibility index (Phi) is 4.31. The molecule has 6 heteroatoms. The molecule has 19 heavy (non-hydrogen) atoms. The molecule has 0 aliphatic rings. The predicted molar refractivity (Wildman–Crippen MR) is 78.4 cm³/mol. The van der Waals surface area contributed by atoms with Gasteiger partial charge in [0.2, 0.25) is 0 Å². The number of pyridine rings is 1. The van der Waals surface area contributed by atoms with E-state index in [0.717, 1.165) is 18.1 Å². The Morgan fingerprint density at radius 2 is 2.21 bits per heavy atom. The third-order valence-corrected chi connectivity index (χ3v) is 3.15. The molecular weight excluding hydrogens is 308 g/mol. The van der Waals surface area contributed by atoms with Gasteiger partial charge in [0.25, 0.3) is 5.56 Å². The summed E-state index contributed by atoms with van der Waals surface area (Å²) in [7, 11) is 0. The highest BCUT2D eigenvalue weighted by atomic mass is 79.9. The van der Waals surface area contributed by atoms with Crippen molar-refractivity contribution in [2.24, 2.45) is 0 Å². The van der Waals surface area contributed by atoms with Crippen molar-refractivity contribution in [1.82, 2.24) is 14.5 Å². The van der Waals surface area contributed by atoms with Gasteiger partial charge < -0.3 is 9.88 Å². The summed E-state index contributed by atoms with van der Waals surface area (Å²) in [6, 6.07) is 5.42. The molecule has 0 bridgehead atoms. The van der Waals surface area contributed by atoms with Crippen LogP contribution in [0.25, 0.3) is 0 Å². The van der Waals surface area contributed by atoms with E-state index in [0.29, 0.717) is 16.8 Å². The van der Waals surface area contributed by atoms with Crippen LogP contribution in [-0.2, 0) is 6.54 Å². The van der Waals surface area contributed by atoms with Crippen LogP contribution in [0.4, 0.5) is 5.82 Å². The lowest BCUT2D eigenvalue weighted by atomic mass is 10.4. The second-order valence-corrected chi connectivity index (χ2v) is 4.98. The van der Waals surface area contributed by atoms with E-state index in [-0.39, 0.29) is 5.56 Å². The molecule has 0 aliphatic heterocycles. The molecule has 2 aromatic heterocycles. The molecule has 0 aromatic carbocycles. The minimum atomic E-state index is -0.0855. The van der Waals surface area contributed by atoms with Gasteiger partial charge in [-0.2, -0.15) is 0 Å². The monoisotopic (exact) mass is 322 g/mol. The minimum absolute atomic E-state index is 0.0855. The third-order valence-electron chi connectivity index (χ3n) is 2.54. The second-order valence-electron chi connectivity index (χ2n) is 4.13. The SMILES string of the molecule is CCNc1cc(C)nc(Cn2cccc(Br)c2=O)n1. The van der Waals surface area contributed by atoms with Gasteiger partial charge in [0.1, 0.15) is 5.82 Å². The molecule has 2 aromatic rings. The maximum absolute atomic E-state index is 11.9. The predicted octanol–water partition coefficient (Wildman–Crippen LogP) is 2.19. The molecule has 2 rings (SSSR count). The largest absolute Gasteiger partial charge is 0.370 e. The first-order valence-corrected chi connectivity index (χ1v) is 6.83. The average molecular weight is 323 g/mol. The van der Waals surface area contributed by atoms with E-state index in [9.17, 15) is 4.79 Å². The van der Waals surface area contributed by atoms with Crippen LogP contribution in [0.2, 0.25) is 0 Å². The van der Waals surface area contributed by atoms with E-state index in [1.807, 2.05) is 26.0 Å². The van der Waals surface area contributed by atoms with Gasteiger partial charge in [0.05, 0.1) is 11.0 Å². The molecule has 0 unspecified atom stereocenters. The van der Waals surface area contributed by atoms with Crippen molar-refractivity contribution in [3.8, 4) is 0 Å². The van der Waals surface area contributed by atoms with Crippen LogP contribution in [-0.4, -0.2) is 21.1 Å². The topological polar surface area (TPSA) is 59.8 Å². The van der Waals surface area contributed by atoms with Gasteiger partial charge in [-0.05, 0) is 41.9 Å². The molecule has 0 spiro atoms. The van der Waals surface area contributed by atoms with Gasteiger partial charge in [-0.15, -0.1) is 0 Å². The molecule has 0 fully saturated rings. The van der Waals surface area contributed by atoms with Crippen LogP contribution in [0.1, 0.15) is 18.4 Å². The van der Waals surface area contributed by atoms with Crippen LogP contribution < -0.4 is 10.9 Å². The van der Waals surface area contributed by atoms with Crippen molar-refractivity contribution in [2.45, 2.75) is 20.4 Å². The summed E-state index contributed by atoms with van der Waals surface area (Å²) in [4.78, 5) is 20.7. The van der Waals surface area contributed by atoms with Gasteiger partial charge in [-0.25, -0.2) is 9.97 Å². The zero-order chi connectivity index (χ0) is 13.8. The van der Waals surface area contributed by atoms with E-state index in [1.54, 1.807) is 16.8 Å². The van der Waals surface area contributed by atoms with E-state index in [2.05, 4.69) is 31.2 Å². The number of rotatable bonds is 4. The van der Waals surface area contributed by atoms with E-state index in [1.165, 1.54) is 0 Å². The van der Waals surface area contributed by atoms with Crippen LogP contribution in [0.15, 0.2) is 33.7 Å². The van der Waals surface area contributed by atoms with Crippen molar-refractivity contribution in [1.29, 1.82) is 0 Å². The van der Waals surface area contributed by atoms with Crippen LogP contribution in [0.3, 0.4) is 0 Å². The molecule has 1 N–H and O–H groups in total. The standard InChI is InChI=1S/C13H15BrN4O/c1-3-15-11-7-9(2)16-12(17-11)8-18-6-4-5-10(14)13(18)19/h4-7H,3,8H2,1-2H3,(H,15,16,17). The number of anilines is 1. The van der Waals surface area contributed by atoms with Crippen molar-refractivity contribution in [3.63, 3.8) is 0 Å². The number of halogens is 1. The number of hydrogen-bond acceptors (Lipinski definition) is 4. The zero-order valence-corrected chi connectivity index (χ0v) is 12.4. The maximum Gasteiger partial charge on any atom is 0.265 e. The highest BCUT2D eigenvalue weighted by molar-refractivity contribution is 9.10. The Morgan fingerprint density at radius 3 is 2.95 bits per heavy atom. The van der Waals surface area contributed by atoms with Crippen LogP contribution >= 0.6 is 15.9 Å². The average Bonchev–Trinajstić information content (AvgIpc) is 2.35. The van der Waals surface area contributed by atoms with E-state index in [4.69, 9.17) is 0 Å². The smallest absolute Gasteiger partial charge is 0.265 e. The maximum atomic E-state index is 11.9. The Morgan fingerprint density at radius 1 is 1.42 bits per heavy atom. The second kappa shape index (κ2) is 5.97. The molecule has 100 valence electrons. The van der Waals surface area contributed by atoms with Crippen LogP contribution in [0.5, 0.6) is 0 Å². The summed E-state index contributed by atoms with van der Waals surface area (Å²) in [5.74, 6) is 1.41. The summed E-state index contributed by atoms with van der Waals surface area (Å²) in [5.41, 5.74) is 0.793. The Bertz CT molecular complexity index is 639. The Labute approximate surface area is 119 Å². The summed E-state index contributed by atoms with van der Waals surface area (Å²) in [5, 5.41) is 3.15.